The fourth-order valence-electron chi connectivity index (χ4n) is 9.03. The number of ether oxygens (including phenoxy) is 2. The lowest BCUT2D eigenvalue weighted by molar-refractivity contribution is -0.161. The molecule has 0 aromatic rings. The molecule has 0 saturated heterocycles. The molecule has 0 saturated carbocycles. The van der Waals surface area contributed by atoms with Crippen molar-refractivity contribution in [1.29, 1.82) is 0 Å². The van der Waals surface area contributed by atoms with Gasteiger partial charge >= 0.3 is 11.9 Å². The highest BCUT2D eigenvalue weighted by atomic mass is 16.6. The monoisotopic (exact) mass is 1000 g/mol. The number of allylic oxidation sites excluding steroid dienone is 14. The predicted octanol–water partition coefficient (Wildman–Crippen LogP) is 21.3. The van der Waals surface area contributed by atoms with Gasteiger partial charge in [0.05, 0.1) is 6.61 Å². The first-order valence-corrected chi connectivity index (χ1v) is 31.1. The molecule has 1 unspecified atom stereocenters. The van der Waals surface area contributed by atoms with Crippen LogP contribution in [-0.2, 0) is 19.1 Å². The molecule has 0 heterocycles. The molecule has 5 heteroatoms. The predicted molar refractivity (Wildman–Crippen MR) is 316 cm³/mol. The molecule has 0 aromatic carbocycles. The van der Waals surface area contributed by atoms with Crippen LogP contribution in [0.1, 0.15) is 309 Å². The smallest absolute Gasteiger partial charge is 0.306 e. The third-order valence-corrected chi connectivity index (χ3v) is 13.7. The van der Waals surface area contributed by atoms with Crippen LogP contribution in [0.3, 0.4) is 0 Å². The van der Waals surface area contributed by atoms with Crippen LogP contribution in [0, 0.1) is 0 Å². The minimum Gasteiger partial charge on any atom is -0.462 e. The maximum absolute atomic E-state index is 12.3. The van der Waals surface area contributed by atoms with Crippen molar-refractivity contribution in [3.8, 4) is 0 Å². The topological polar surface area (TPSA) is 72.8 Å². The zero-order chi connectivity index (χ0) is 52.0. The zero-order valence-corrected chi connectivity index (χ0v) is 47.7. The second-order valence-electron chi connectivity index (χ2n) is 20.8. The fraction of sp³-hybridized carbons (Fsp3) is 0.761. The van der Waals surface area contributed by atoms with Crippen molar-refractivity contribution < 1.29 is 24.2 Å². The van der Waals surface area contributed by atoms with Gasteiger partial charge in [0.15, 0.2) is 6.10 Å². The molecule has 0 aromatic heterocycles. The summed E-state index contributed by atoms with van der Waals surface area (Å²) in [5.74, 6) is -0.588. The lowest BCUT2D eigenvalue weighted by Gasteiger charge is -2.15. The number of hydrogen-bond acceptors (Lipinski definition) is 5. The first-order chi connectivity index (χ1) is 35.6. The molecule has 1 atom stereocenters. The van der Waals surface area contributed by atoms with Crippen LogP contribution in [-0.4, -0.2) is 36.4 Å². The zero-order valence-electron chi connectivity index (χ0n) is 47.7. The summed E-state index contributed by atoms with van der Waals surface area (Å²) in [4.78, 5) is 24.6. The van der Waals surface area contributed by atoms with Crippen molar-refractivity contribution in [3.05, 3.63) is 85.1 Å². The lowest BCUT2D eigenvalue weighted by Crippen LogP contribution is -2.28. The minimum absolute atomic E-state index is 0.0694. The molecule has 0 amide bonds. The fourth-order valence-corrected chi connectivity index (χ4v) is 9.03. The van der Waals surface area contributed by atoms with E-state index in [1.807, 2.05) is 0 Å². The first kappa shape index (κ1) is 69.1. The van der Waals surface area contributed by atoms with Crippen molar-refractivity contribution in [2.45, 2.75) is 315 Å². The molecule has 0 aliphatic heterocycles. The van der Waals surface area contributed by atoms with Crippen molar-refractivity contribution >= 4 is 11.9 Å². The molecule has 0 aliphatic carbocycles. The van der Waals surface area contributed by atoms with Gasteiger partial charge in [-0.25, -0.2) is 0 Å². The molecular formula is C67H118O5. The highest BCUT2D eigenvalue weighted by Crippen LogP contribution is 2.17. The van der Waals surface area contributed by atoms with Crippen molar-refractivity contribution in [3.63, 3.8) is 0 Å². The van der Waals surface area contributed by atoms with Crippen LogP contribution in [0.2, 0.25) is 0 Å². The Bertz CT molecular complexity index is 1320. The Morgan fingerprint density at radius 1 is 0.333 bits per heavy atom. The molecule has 1 N–H and O–H groups in total. The molecule has 5 nitrogen and oxygen atoms in total. The Kier molecular flexibility index (Phi) is 59.8. The summed E-state index contributed by atoms with van der Waals surface area (Å²) in [7, 11) is 0. The number of hydrogen-bond donors (Lipinski definition) is 1. The van der Waals surface area contributed by atoms with Gasteiger partial charge in [0.1, 0.15) is 6.61 Å². The van der Waals surface area contributed by atoms with Gasteiger partial charge in [-0.2, -0.15) is 0 Å². The highest BCUT2D eigenvalue weighted by molar-refractivity contribution is 5.70. The highest BCUT2D eigenvalue weighted by Gasteiger charge is 2.16. The van der Waals surface area contributed by atoms with E-state index >= 15 is 0 Å². The normalized spacial score (nSPS) is 12.8. The molecule has 0 radical (unpaired) electrons. The largest absolute Gasteiger partial charge is 0.462 e. The summed E-state index contributed by atoms with van der Waals surface area (Å²) in [5.41, 5.74) is 0. The summed E-state index contributed by atoms with van der Waals surface area (Å²) >= 11 is 0. The average molecular weight is 1000 g/mol. The number of unbranched alkanes of at least 4 members (excludes halogenated alkanes) is 35. The van der Waals surface area contributed by atoms with Crippen LogP contribution in [0.25, 0.3) is 0 Å². The number of carbonyl (C=O) groups is 2. The van der Waals surface area contributed by atoms with E-state index in [2.05, 4.69) is 98.9 Å². The summed E-state index contributed by atoms with van der Waals surface area (Å²) in [6, 6.07) is 0. The van der Waals surface area contributed by atoms with E-state index in [1.54, 1.807) is 0 Å². The van der Waals surface area contributed by atoms with Crippen molar-refractivity contribution in [2.75, 3.05) is 13.2 Å². The third-order valence-electron chi connectivity index (χ3n) is 13.7. The van der Waals surface area contributed by atoms with Gasteiger partial charge in [-0.15, -0.1) is 0 Å². The molecule has 0 bridgehead atoms. The van der Waals surface area contributed by atoms with Gasteiger partial charge < -0.3 is 14.6 Å². The molecule has 0 spiro atoms. The van der Waals surface area contributed by atoms with E-state index in [0.29, 0.717) is 12.8 Å². The number of aliphatic hydroxyl groups excluding tert-OH is 1. The second kappa shape index (κ2) is 62.4. The van der Waals surface area contributed by atoms with Crippen LogP contribution in [0.15, 0.2) is 85.1 Å². The number of rotatable bonds is 57. The molecule has 0 fully saturated rings. The van der Waals surface area contributed by atoms with Gasteiger partial charge in [0, 0.05) is 12.8 Å². The lowest BCUT2D eigenvalue weighted by atomic mass is 10.0. The standard InChI is InChI=1S/C67H118O5/c1-3-5-7-9-11-13-15-17-19-21-23-25-27-28-29-30-31-32-33-34-35-36-37-38-40-42-44-46-48-50-52-54-56-58-60-62-67(70)72-65(63-68)64-71-66(69)61-59-57-55-53-51-49-47-45-43-41-39-26-24-22-20-18-16-14-12-10-8-6-4-2/h5,7,11,13,16-19,22-25,39,41,65,68H,3-4,6,8-10,12,14-15,20-21,26-38,40,42-64H2,1-2H3/b7-5-,13-11-,18-16-,19-17-,24-22-,25-23-,41-39-. The van der Waals surface area contributed by atoms with Crippen LogP contribution in [0.4, 0.5) is 0 Å². The quantitative estimate of drug-likeness (QED) is 0.0373. The van der Waals surface area contributed by atoms with Gasteiger partial charge in [-0.1, -0.05) is 292 Å². The van der Waals surface area contributed by atoms with Crippen molar-refractivity contribution in [1.82, 2.24) is 0 Å². The maximum atomic E-state index is 12.3. The number of carbonyl (C=O) groups excluding carboxylic acids is 2. The maximum Gasteiger partial charge on any atom is 0.306 e. The summed E-state index contributed by atoms with van der Waals surface area (Å²) < 4.78 is 10.7. The molecule has 0 rings (SSSR count). The Morgan fingerprint density at radius 2 is 0.597 bits per heavy atom. The van der Waals surface area contributed by atoms with Crippen LogP contribution < -0.4 is 0 Å². The Balaban J connectivity index is 3.45. The van der Waals surface area contributed by atoms with Crippen LogP contribution in [0.5, 0.6) is 0 Å². The minimum atomic E-state index is -0.778. The Morgan fingerprint density at radius 3 is 0.903 bits per heavy atom. The van der Waals surface area contributed by atoms with E-state index in [-0.39, 0.29) is 25.2 Å². The van der Waals surface area contributed by atoms with E-state index < -0.39 is 6.10 Å². The summed E-state index contributed by atoms with van der Waals surface area (Å²) in [5, 5.41) is 9.67. The molecule has 416 valence electrons. The molecule has 0 aliphatic rings. The van der Waals surface area contributed by atoms with E-state index in [9.17, 15) is 14.7 Å². The van der Waals surface area contributed by atoms with Crippen LogP contribution >= 0.6 is 0 Å². The summed E-state index contributed by atoms with van der Waals surface area (Å²) in [6.45, 7) is 4.04. The van der Waals surface area contributed by atoms with Gasteiger partial charge in [-0.05, 0) is 89.9 Å². The van der Waals surface area contributed by atoms with E-state index in [1.165, 1.54) is 205 Å². The molecular weight excluding hydrogens is 885 g/mol. The van der Waals surface area contributed by atoms with Gasteiger partial charge in [0.2, 0.25) is 0 Å². The number of esters is 2. The SMILES string of the molecule is CC/C=C\C/C=C\C/C=C\C/C=C\CCCCCCCCCCCCCCCCCCCCCCCCC(=O)OC(CO)COC(=O)CCCCCCCCCC/C=C\C/C=C\C/C=C\CCCCCCC. The van der Waals surface area contributed by atoms with Gasteiger partial charge in [-0.3, -0.25) is 9.59 Å². The molecule has 72 heavy (non-hydrogen) atoms. The number of aliphatic hydroxyl groups is 1. The second-order valence-corrected chi connectivity index (χ2v) is 20.8. The Hall–Kier alpha value is -2.92. The van der Waals surface area contributed by atoms with E-state index in [0.717, 1.165) is 77.0 Å². The first-order valence-electron chi connectivity index (χ1n) is 31.1. The van der Waals surface area contributed by atoms with Gasteiger partial charge in [0.25, 0.3) is 0 Å². The van der Waals surface area contributed by atoms with Crippen molar-refractivity contribution in [2.24, 2.45) is 0 Å². The average Bonchev–Trinajstić information content (AvgIpc) is 3.38. The third kappa shape index (κ3) is 59.6. The summed E-state index contributed by atoms with van der Waals surface area (Å²) in [6.07, 6.45) is 87.2. The van der Waals surface area contributed by atoms with E-state index in [4.69, 9.17) is 9.47 Å². The Labute approximate surface area is 447 Å².